The van der Waals surface area contributed by atoms with Crippen molar-refractivity contribution in [2.45, 2.75) is 6.54 Å². The molecule has 8 nitrogen and oxygen atoms in total. The van der Waals surface area contributed by atoms with E-state index in [1.165, 1.54) is 14.2 Å². The third-order valence-electron chi connectivity index (χ3n) is 3.30. The van der Waals surface area contributed by atoms with Gasteiger partial charge in [0.1, 0.15) is 11.6 Å². The summed E-state index contributed by atoms with van der Waals surface area (Å²) in [6.07, 6.45) is 1.10. The van der Waals surface area contributed by atoms with Crippen molar-refractivity contribution in [3.05, 3.63) is 60.5 Å². The number of nitriles is 1. The molecule has 0 saturated carbocycles. The Balaban J connectivity index is 2.56. The smallest absolute Gasteiger partial charge is 0.287 e. The van der Waals surface area contributed by atoms with Crippen molar-refractivity contribution in [3.63, 3.8) is 0 Å². The lowest BCUT2D eigenvalue weighted by molar-refractivity contribution is -0.385. The summed E-state index contributed by atoms with van der Waals surface area (Å²) in [6, 6.07) is 5.96. The van der Waals surface area contributed by atoms with Crippen LogP contribution in [0.1, 0.15) is 11.1 Å². The highest BCUT2D eigenvalue weighted by molar-refractivity contribution is 9.10. The normalized spacial score (nSPS) is 10.1. The highest BCUT2D eigenvalue weighted by Crippen LogP contribution is 2.33. The Morgan fingerprint density at radius 2 is 1.92 bits per heavy atom. The van der Waals surface area contributed by atoms with Gasteiger partial charge in [-0.1, -0.05) is 15.9 Å². The first-order chi connectivity index (χ1) is 11.4. The molecule has 2 aromatic rings. The zero-order valence-electron chi connectivity index (χ0n) is 12.8. The Morgan fingerprint density at radius 3 is 2.46 bits per heavy atom. The van der Waals surface area contributed by atoms with Crippen molar-refractivity contribution in [2.75, 3.05) is 14.2 Å². The number of benzene rings is 1. The van der Waals surface area contributed by atoms with Gasteiger partial charge in [-0.15, -0.1) is 0 Å². The quantitative estimate of drug-likeness (QED) is 0.570. The summed E-state index contributed by atoms with van der Waals surface area (Å²) in [5.41, 5.74) is -0.590. The van der Waals surface area contributed by atoms with Gasteiger partial charge in [0.15, 0.2) is 11.5 Å². The minimum atomic E-state index is -0.652. The molecule has 0 amide bonds. The van der Waals surface area contributed by atoms with Gasteiger partial charge < -0.3 is 14.0 Å². The van der Waals surface area contributed by atoms with Crippen molar-refractivity contribution in [1.82, 2.24) is 4.57 Å². The van der Waals surface area contributed by atoms with Gasteiger partial charge in [-0.3, -0.25) is 14.9 Å². The maximum atomic E-state index is 12.2. The lowest BCUT2D eigenvalue weighted by Gasteiger charge is -2.13. The van der Waals surface area contributed by atoms with Crippen LogP contribution in [-0.4, -0.2) is 23.7 Å². The van der Waals surface area contributed by atoms with E-state index in [0.717, 1.165) is 16.8 Å². The second kappa shape index (κ2) is 7.14. The fourth-order valence-corrected chi connectivity index (χ4v) is 2.57. The number of ether oxygens (including phenoxy) is 2. The zero-order valence-corrected chi connectivity index (χ0v) is 14.4. The third kappa shape index (κ3) is 3.38. The van der Waals surface area contributed by atoms with E-state index in [1.807, 2.05) is 0 Å². The number of nitrogens with zero attached hydrogens (tertiary/aromatic N) is 3. The first kappa shape index (κ1) is 17.5. The number of hydrogen-bond donors (Lipinski definition) is 0. The molecule has 24 heavy (non-hydrogen) atoms. The van der Waals surface area contributed by atoms with Crippen molar-refractivity contribution in [1.29, 1.82) is 5.26 Å². The second-order valence-electron chi connectivity index (χ2n) is 4.71. The van der Waals surface area contributed by atoms with Gasteiger partial charge in [0, 0.05) is 10.5 Å². The summed E-state index contributed by atoms with van der Waals surface area (Å²) in [6.45, 7) is 0.0239. The largest absolute Gasteiger partial charge is 0.493 e. The minimum Gasteiger partial charge on any atom is -0.493 e. The van der Waals surface area contributed by atoms with Crippen molar-refractivity contribution >= 4 is 21.6 Å². The van der Waals surface area contributed by atoms with Gasteiger partial charge in [-0.05, 0) is 17.7 Å². The highest BCUT2D eigenvalue weighted by Gasteiger charge is 2.16. The molecule has 0 atom stereocenters. The maximum absolute atomic E-state index is 12.2. The lowest BCUT2D eigenvalue weighted by atomic mass is 10.2. The van der Waals surface area contributed by atoms with E-state index in [0.29, 0.717) is 21.5 Å². The van der Waals surface area contributed by atoms with Crippen LogP contribution in [0, 0.1) is 21.4 Å². The number of halogens is 1. The van der Waals surface area contributed by atoms with Crippen LogP contribution >= 0.6 is 15.9 Å². The molecule has 1 heterocycles. The summed E-state index contributed by atoms with van der Waals surface area (Å²) in [5, 5.41) is 20.0. The van der Waals surface area contributed by atoms with Crippen LogP contribution in [0.25, 0.3) is 0 Å². The average molecular weight is 394 g/mol. The van der Waals surface area contributed by atoms with E-state index < -0.39 is 10.5 Å². The Kier molecular flexibility index (Phi) is 5.21. The van der Waals surface area contributed by atoms with Crippen LogP contribution in [-0.2, 0) is 6.54 Å². The molecule has 0 radical (unpaired) electrons. The third-order valence-corrected chi connectivity index (χ3v) is 4.03. The maximum Gasteiger partial charge on any atom is 0.287 e. The van der Waals surface area contributed by atoms with Gasteiger partial charge >= 0.3 is 0 Å². The first-order valence-corrected chi connectivity index (χ1v) is 7.40. The summed E-state index contributed by atoms with van der Waals surface area (Å²) in [7, 11) is 2.97. The molecule has 9 heteroatoms. The van der Waals surface area contributed by atoms with Crippen LogP contribution in [0.3, 0.4) is 0 Å². The molecule has 0 fully saturated rings. The molecular weight excluding hydrogens is 382 g/mol. The van der Waals surface area contributed by atoms with Crippen LogP contribution < -0.4 is 15.0 Å². The Bertz CT molecular complexity index is 901. The van der Waals surface area contributed by atoms with Crippen LogP contribution in [0.15, 0.2) is 33.7 Å². The minimum absolute atomic E-state index is 0.0239. The molecule has 1 aromatic carbocycles. The summed E-state index contributed by atoms with van der Waals surface area (Å²) < 4.78 is 12.1. The molecule has 0 saturated heterocycles. The standard InChI is InChI=1S/C15H12BrN3O5/c1-23-13-4-10(12(16)5-14(13)24-2)7-18-8-11(19(21)22)3-9(6-17)15(18)20/h3-5,8H,7H2,1-2H3. The summed E-state index contributed by atoms with van der Waals surface area (Å²) >= 11 is 3.37. The van der Waals surface area contributed by atoms with E-state index in [9.17, 15) is 14.9 Å². The number of pyridine rings is 1. The summed E-state index contributed by atoms with van der Waals surface area (Å²) in [4.78, 5) is 22.5. The summed E-state index contributed by atoms with van der Waals surface area (Å²) in [5.74, 6) is 0.951. The van der Waals surface area contributed by atoms with Gasteiger partial charge in [0.2, 0.25) is 0 Å². The zero-order chi connectivity index (χ0) is 17.9. The van der Waals surface area contributed by atoms with Gasteiger partial charge in [-0.25, -0.2) is 0 Å². The predicted octanol–water partition coefficient (Wildman–Crippen LogP) is 2.46. The number of methoxy groups -OCH3 is 2. The number of rotatable bonds is 5. The highest BCUT2D eigenvalue weighted by atomic mass is 79.9. The van der Waals surface area contributed by atoms with Crippen molar-refractivity contribution < 1.29 is 14.4 Å². The van der Waals surface area contributed by atoms with E-state index in [2.05, 4.69) is 15.9 Å². The Morgan fingerprint density at radius 1 is 1.29 bits per heavy atom. The predicted molar refractivity (Wildman–Crippen MR) is 88.4 cm³/mol. The van der Waals surface area contributed by atoms with Gasteiger partial charge in [0.25, 0.3) is 11.2 Å². The number of hydrogen-bond acceptors (Lipinski definition) is 6. The van der Waals surface area contributed by atoms with Gasteiger partial charge in [-0.2, -0.15) is 5.26 Å². The van der Waals surface area contributed by atoms with E-state index in [1.54, 1.807) is 18.2 Å². The first-order valence-electron chi connectivity index (χ1n) is 6.60. The molecule has 0 spiro atoms. The van der Waals surface area contributed by atoms with E-state index >= 15 is 0 Å². The molecule has 0 aliphatic carbocycles. The Labute approximate surface area is 145 Å². The molecule has 1 aromatic heterocycles. The molecular formula is C15H12BrN3O5. The van der Waals surface area contributed by atoms with E-state index in [4.69, 9.17) is 14.7 Å². The molecule has 124 valence electrons. The van der Waals surface area contributed by atoms with Crippen LogP contribution in [0.2, 0.25) is 0 Å². The van der Waals surface area contributed by atoms with Crippen molar-refractivity contribution in [2.24, 2.45) is 0 Å². The molecule has 0 bridgehead atoms. The lowest BCUT2D eigenvalue weighted by Crippen LogP contribution is -2.23. The van der Waals surface area contributed by atoms with Gasteiger partial charge in [0.05, 0.1) is 31.9 Å². The second-order valence-corrected chi connectivity index (χ2v) is 5.57. The van der Waals surface area contributed by atoms with Crippen LogP contribution in [0.4, 0.5) is 5.69 Å². The number of nitro groups is 1. The SMILES string of the molecule is COc1cc(Br)c(Cn2cc([N+](=O)[O-])cc(C#N)c2=O)cc1OC. The fourth-order valence-electron chi connectivity index (χ4n) is 2.12. The van der Waals surface area contributed by atoms with E-state index in [-0.39, 0.29) is 17.8 Å². The average Bonchev–Trinajstić information content (AvgIpc) is 2.57. The monoisotopic (exact) mass is 393 g/mol. The molecule has 0 unspecified atom stereocenters. The molecule has 0 aliphatic heterocycles. The fraction of sp³-hybridized carbons (Fsp3) is 0.200. The number of aromatic nitrogens is 1. The van der Waals surface area contributed by atoms with Crippen LogP contribution in [0.5, 0.6) is 11.5 Å². The molecule has 0 aliphatic rings. The molecule has 2 rings (SSSR count). The molecule has 0 N–H and O–H groups in total. The van der Waals surface area contributed by atoms with Crippen molar-refractivity contribution in [3.8, 4) is 17.6 Å². The topological polar surface area (TPSA) is 107 Å². The Hall–Kier alpha value is -2.86.